The molecule has 3 heterocycles. The Balaban J connectivity index is 1.34. The third-order valence-electron chi connectivity index (χ3n) is 8.16. The summed E-state index contributed by atoms with van der Waals surface area (Å²) in [5, 5.41) is 13.5. The molecule has 1 unspecified atom stereocenters. The average molecular weight is 560 g/mol. The maximum atomic E-state index is 14.0. The molecule has 2 saturated heterocycles. The van der Waals surface area contributed by atoms with E-state index in [1.807, 2.05) is 60.8 Å². The Hall–Kier alpha value is -4.18. The number of H-pyrrole nitrogens is 1. The van der Waals surface area contributed by atoms with Crippen molar-refractivity contribution in [1.82, 2.24) is 20.1 Å². The van der Waals surface area contributed by atoms with Crippen LogP contribution in [-0.2, 0) is 32.0 Å². The van der Waals surface area contributed by atoms with Crippen LogP contribution < -0.4 is 11.1 Å². The fourth-order valence-electron chi connectivity index (χ4n) is 6.17. The molecule has 3 amide bonds. The fourth-order valence-corrected chi connectivity index (χ4v) is 6.17. The number of para-hydroxylation sites is 1. The van der Waals surface area contributed by atoms with Crippen LogP contribution in [-0.4, -0.2) is 80.8 Å². The molecule has 0 radical (unpaired) electrons. The predicted molar refractivity (Wildman–Crippen MR) is 154 cm³/mol. The molecule has 0 saturated carbocycles. The second-order valence-corrected chi connectivity index (χ2v) is 11.1. The van der Waals surface area contributed by atoms with Crippen LogP contribution in [0.15, 0.2) is 60.8 Å². The number of hydrogen-bond acceptors (Lipinski definition) is 5. The molecule has 10 heteroatoms. The number of aromatic amines is 1. The van der Waals surface area contributed by atoms with Gasteiger partial charge in [0.05, 0.1) is 0 Å². The number of carbonyl (C=O) groups excluding carboxylic acids is 3. The number of amides is 3. The quantitative estimate of drug-likeness (QED) is 0.299. The molecule has 0 spiro atoms. The number of aromatic nitrogens is 1. The zero-order valence-corrected chi connectivity index (χ0v) is 23.0. The highest BCUT2D eigenvalue weighted by atomic mass is 16.4. The molecule has 41 heavy (non-hydrogen) atoms. The molecule has 216 valence electrons. The number of fused-ring (bicyclic) bond motifs is 1. The second kappa shape index (κ2) is 12.6. The van der Waals surface area contributed by atoms with Gasteiger partial charge in [-0.3, -0.25) is 14.4 Å². The van der Waals surface area contributed by atoms with E-state index in [0.29, 0.717) is 45.2 Å². The molecule has 0 aliphatic carbocycles. The maximum absolute atomic E-state index is 14.0. The number of nitrogens with zero attached hydrogens (tertiary/aromatic N) is 2. The van der Waals surface area contributed by atoms with E-state index in [9.17, 15) is 24.3 Å². The highest BCUT2D eigenvalue weighted by Crippen LogP contribution is 2.27. The number of carboxylic acid groups (broad SMARTS) is 1. The molecule has 5 rings (SSSR count). The van der Waals surface area contributed by atoms with Crippen molar-refractivity contribution in [3.63, 3.8) is 0 Å². The molecular weight excluding hydrogens is 522 g/mol. The van der Waals surface area contributed by atoms with E-state index in [-0.39, 0.29) is 30.6 Å². The van der Waals surface area contributed by atoms with Crippen LogP contribution in [0.1, 0.15) is 43.2 Å². The summed E-state index contributed by atoms with van der Waals surface area (Å²) < 4.78 is 0. The van der Waals surface area contributed by atoms with Gasteiger partial charge in [0, 0.05) is 49.1 Å². The Morgan fingerprint density at radius 3 is 2.37 bits per heavy atom. The van der Waals surface area contributed by atoms with Gasteiger partial charge in [0.25, 0.3) is 0 Å². The topological polar surface area (TPSA) is 149 Å². The predicted octanol–water partition coefficient (Wildman–Crippen LogP) is 2.22. The van der Waals surface area contributed by atoms with Gasteiger partial charge in [-0.1, -0.05) is 48.5 Å². The zero-order chi connectivity index (χ0) is 28.9. The van der Waals surface area contributed by atoms with Crippen LogP contribution in [0.3, 0.4) is 0 Å². The standard InChI is InChI=1S/C31H37N5O5/c32-22(16-20-8-2-1-3-9-20)18-28(37)34-25(17-21-19-33-24-11-5-4-10-23(21)24)29(38)35-14-6-12-26(35)30(39)36-15-7-13-27(36)31(40)41/h1-5,8-11,19,22,25-27,33H,6-7,12-18,32H2,(H,34,37)(H,40,41)/t22?,25-,26-,27-/m0/s1. The summed E-state index contributed by atoms with van der Waals surface area (Å²) in [5.41, 5.74) is 9.13. The molecule has 5 N–H and O–H groups in total. The van der Waals surface area contributed by atoms with Crippen LogP contribution >= 0.6 is 0 Å². The van der Waals surface area contributed by atoms with Crippen LogP contribution in [0, 0.1) is 0 Å². The average Bonchev–Trinajstić information content (AvgIpc) is 3.72. The first-order chi connectivity index (χ1) is 19.8. The smallest absolute Gasteiger partial charge is 0.326 e. The highest BCUT2D eigenvalue weighted by molar-refractivity contribution is 5.95. The van der Waals surface area contributed by atoms with Crippen molar-refractivity contribution < 1.29 is 24.3 Å². The summed E-state index contributed by atoms with van der Waals surface area (Å²) in [5.74, 6) is -2.03. The molecule has 2 aliphatic rings. The van der Waals surface area contributed by atoms with Crippen LogP contribution in [0.4, 0.5) is 0 Å². The highest BCUT2D eigenvalue weighted by Gasteiger charge is 2.43. The minimum Gasteiger partial charge on any atom is -0.480 e. The second-order valence-electron chi connectivity index (χ2n) is 11.1. The largest absolute Gasteiger partial charge is 0.480 e. The number of benzene rings is 2. The van der Waals surface area contributed by atoms with Crippen molar-refractivity contribution in [2.75, 3.05) is 13.1 Å². The lowest BCUT2D eigenvalue weighted by molar-refractivity contribution is -0.152. The van der Waals surface area contributed by atoms with E-state index in [0.717, 1.165) is 22.0 Å². The molecule has 2 aromatic carbocycles. The molecule has 2 fully saturated rings. The number of hydrogen-bond donors (Lipinski definition) is 4. The van der Waals surface area contributed by atoms with Gasteiger partial charge in [0.1, 0.15) is 18.1 Å². The van der Waals surface area contributed by atoms with E-state index in [1.54, 1.807) is 0 Å². The first kappa shape index (κ1) is 28.4. The summed E-state index contributed by atoms with van der Waals surface area (Å²) in [6.07, 6.45) is 4.76. The number of nitrogens with two attached hydrogens (primary N) is 1. The molecule has 3 aromatic rings. The van der Waals surface area contributed by atoms with Gasteiger partial charge in [0.2, 0.25) is 17.7 Å². The number of carboxylic acids is 1. The molecule has 1 aromatic heterocycles. The molecule has 4 atom stereocenters. The van der Waals surface area contributed by atoms with E-state index in [4.69, 9.17) is 5.73 Å². The summed E-state index contributed by atoms with van der Waals surface area (Å²) in [6, 6.07) is 14.5. The number of likely N-dealkylation sites (tertiary alicyclic amines) is 2. The molecule has 2 aliphatic heterocycles. The van der Waals surface area contributed by atoms with Crippen LogP contribution in [0.5, 0.6) is 0 Å². The summed E-state index contributed by atoms with van der Waals surface area (Å²) >= 11 is 0. The van der Waals surface area contributed by atoms with Crippen molar-refractivity contribution in [2.24, 2.45) is 5.73 Å². The van der Waals surface area contributed by atoms with Crippen molar-refractivity contribution in [2.45, 2.75) is 69.1 Å². The zero-order valence-electron chi connectivity index (χ0n) is 23.0. The summed E-state index contributed by atoms with van der Waals surface area (Å²) in [4.78, 5) is 58.6. The number of carbonyl (C=O) groups is 4. The number of rotatable bonds is 10. The number of aliphatic carboxylic acids is 1. The Bertz CT molecular complexity index is 1410. The van der Waals surface area contributed by atoms with E-state index in [1.165, 1.54) is 9.80 Å². The van der Waals surface area contributed by atoms with Crippen molar-refractivity contribution in [3.8, 4) is 0 Å². The maximum Gasteiger partial charge on any atom is 0.326 e. The van der Waals surface area contributed by atoms with E-state index >= 15 is 0 Å². The van der Waals surface area contributed by atoms with E-state index < -0.39 is 30.1 Å². The third kappa shape index (κ3) is 6.43. The Labute approximate surface area is 238 Å². The van der Waals surface area contributed by atoms with Crippen molar-refractivity contribution in [3.05, 3.63) is 71.9 Å². The first-order valence-electron chi connectivity index (χ1n) is 14.3. The first-order valence-corrected chi connectivity index (χ1v) is 14.3. The van der Waals surface area contributed by atoms with Gasteiger partial charge < -0.3 is 30.9 Å². The Kier molecular flexibility index (Phi) is 8.68. The minimum atomic E-state index is -1.02. The number of nitrogens with one attached hydrogen (secondary N) is 2. The monoisotopic (exact) mass is 559 g/mol. The van der Waals surface area contributed by atoms with Crippen LogP contribution in [0.25, 0.3) is 10.9 Å². The Morgan fingerprint density at radius 2 is 1.61 bits per heavy atom. The van der Waals surface area contributed by atoms with Crippen molar-refractivity contribution >= 4 is 34.6 Å². The van der Waals surface area contributed by atoms with Crippen LogP contribution in [0.2, 0.25) is 0 Å². The fraction of sp³-hybridized carbons (Fsp3) is 0.419. The summed E-state index contributed by atoms with van der Waals surface area (Å²) in [7, 11) is 0. The van der Waals surface area contributed by atoms with Gasteiger partial charge >= 0.3 is 5.97 Å². The molecule has 10 nitrogen and oxygen atoms in total. The van der Waals surface area contributed by atoms with Gasteiger partial charge in [-0.25, -0.2) is 4.79 Å². The SMILES string of the molecule is NC(CC(=O)N[C@@H](Cc1c[nH]c2ccccc12)C(=O)N1CCC[C@H]1C(=O)N1CCC[C@H]1C(=O)O)Cc1ccccc1. The van der Waals surface area contributed by atoms with E-state index in [2.05, 4.69) is 10.3 Å². The van der Waals surface area contributed by atoms with Gasteiger partial charge in [-0.2, -0.15) is 0 Å². The van der Waals surface area contributed by atoms with Gasteiger partial charge in [0.15, 0.2) is 0 Å². The summed E-state index contributed by atoms with van der Waals surface area (Å²) in [6.45, 7) is 0.734. The normalized spacial score (nSPS) is 20.2. The van der Waals surface area contributed by atoms with Gasteiger partial charge in [-0.15, -0.1) is 0 Å². The lowest BCUT2D eigenvalue weighted by Gasteiger charge is -2.32. The lowest BCUT2D eigenvalue weighted by atomic mass is 10.0. The van der Waals surface area contributed by atoms with Crippen molar-refractivity contribution in [1.29, 1.82) is 0 Å². The third-order valence-corrected chi connectivity index (χ3v) is 8.16. The minimum absolute atomic E-state index is 0.0446. The van der Waals surface area contributed by atoms with Gasteiger partial charge in [-0.05, 0) is 49.3 Å². The Morgan fingerprint density at radius 1 is 0.927 bits per heavy atom. The lowest BCUT2D eigenvalue weighted by Crippen LogP contribution is -2.56. The molecule has 0 bridgehead atoms. The molecular formula is C31H37N5O5.